The molecule has 2 rings (SSSR count). The zero-order valence-electron chi connectivity index (χ0n) is 14.5. The number of hydrogen-bond acceptors (Lipinski definition) is 5. The normalized spacial score (nSPS) is 13.3. The molecule has 0 fully saturated rings. The van der Waals surface area contributed by atoms with Crippen molar-refractivity contribution in [3.8, 4) is 17.2 Å². The van der Waals surface area contributed by atoms with Crippen molar-refractivity contribution in [2.75, 3.05) is 27.5 Å². The molecule has 6 nitrogen and oxygen atoms in total. The summed E-state index contributed by atoms with van der Waals surface area (Å²) in [5, 5.41) is 3.98. The zero-order chi connectivity index (χ0) is 17.7. The lowest BCUT2D eigenvalue weighted by molar-refractivity contribution is 0.111. The van der Waals surface area contributed by atoms with Gasteiger partial charge in [0.1, 0.15) is 0 Å². The fraction of sp³-hybridized carbons (Fsp3) is 0.529. The van der Waals surface area contributed by atoms with Gasteiger partial charge >= 0.3 is 0 Å². The molecule has 132 valence electrons. The van der Waals surface area contributed by atoms with Crippen LogP contribution in [0.4, 0.5) is 0 Å². The van der Waals surface area contributed by atoms with Crippen molar-refractivity contribution < 1.29 is 19.0 Å². The fourth-order valence-electron chi connectivity index (χ4n) is 2.43. The summed E-state index contributed by atoms with van der Waals surface area (Å²) in [4.78, 5) is 13.5. The van der Waals surface area contributed by atoms with Crippen LogP contribution in [0.15, 0.2) is 6.07 Å². The van der Waals surface area contributed by atoms with E-state index in [0.29, 0.717) is 46.9 Å². The zero-order valence-corrected chi connectivity index (χ0v) is 15.4. The van der Waals surface area contributed by atoms with Crippen molar-refractivity contribution in [2.24, 2.45) is 0 Å². The molecule has 7 heteroatoms. The second-order valence-electron chi connectivity index (χ2n) is 5.76. The third kappa shape index (κ3) is 3.90. The molecule has 0 radical (unpaired) electrons. The van der Waals surface area contributed by atoms with Crippen molar-refractivity contribution >= 4 is 23.6 Å². The number of carbonyl (C=O) groups excluding carboxylic acids is 1. The first-order chi connectivity index (χ1) is 11.5. The molecule has 1 heterocycles. The number of carbonyl (C=O) groups is 1. The molecule has 0 saturated carbocycles. The Bertz CT molecular complexity index is 621. The fourth-order valence-corrected chi connectivity index (χ4v) is 2.72. The van der Waals surface area contributed by atoms with Crippen LogP contribution in [0.3, 0.4) is 0 Å². The minimum absolute atomic E-state index is 0.135. The number of benzene rings is 1. The number of methoxy groups -OCH3 is 1. The van der Waals surface area contributed by atoms with Gasteiger partial charge in [0.2, 0.25) is 12.5 Å². The minimum Gasteiger partial charge on any atom is -0.492 e. The van der Waals surface area contributed by atoms with Gasteiger partial charge in [-0.1, -0.05) is 6.92 Å². The van der Waals surface area contributed by atoms with E-state index < -0.39 is 0 Å². The molecule has 1 aromatic carbocycles. The molecule has 0 spiro atoms. The Morgan fingerprint density at radius 2 is 2.29 bits per heavy atom. The molecule has 0 aromatic heterocycles. The van der Waals surface area contributed by atoms with E-state index in [-0.39, 0.29) is 6.79 Å². The van der Waals surface area contributed by atoms with Crippen LogP contribution in [0.25, 0.3) is 0 Å². The first-order valence-corrected chi connectivity index (χ1v) is 8.38. The number of hydrogen-bond donors (Lipinski definition) is 1. The molecule has 1 aromatic rings. The Balaban J connectivity index is 2.12. The number of likely N-dealkylation sites (N-methyl/N-ethyl adjacent to an activating group) is 1. The Kier molecular flexibility index (Phi) is 6.25. The van der Waals surface area contributed by atoms with Gasteiger partial charge in [0.15, 0.2) is 22.9 Å². The van der Waals surface area contributed by atoms with Crippen LogP contribution in [-0.2, 0) is 6.42 Å². The topological polar surface area (TPSA) is 60.0 Å². The average Bonchev–Trinajstić information content (AvgIpc) is 3.05. The number of fused-ring (bicyclic) bond motifs is 1. The molecule has 0 aliphatic carbocycles. The summed E-state index contributed by atoms with van der Waals surface area (Å²) in [7, 11) is 3.45. The lowest BCUT2D eigenvalue weighted by Gasteiger charge is -2.24. The first-order valence-electron chi connectivity index (χ1n) is 7.98. The molecular formula is C17H24N2O4S. The lowest BCUT2D eigenvalue weighted by atomic mass is 10.0. The van der Waals surface area contributed by atoms with E-state index in [9.17, 15) is 4.79 Å². The Labute approximate surface area is 148 Å². The molecule has 0 amide bonds. The number of nitrogens with one attached hydrogen (secondary N) is 1. The van der Waals surface area contributed by atoms with Gasteiger partial charge in [0, 0.05) is 19.6 Å². The SMILES string of the molecule is CC[C@@H](C)NC(=S)N(C)CCc1cc2c(c(OC)c1C=O)OCO2. The van der Waals surface area contributed by atoms with Gasteiger partial charge in [-0.05, 0) is 43.6 Å². The molecule has 0 bridgehead atoms. The quantitative estimate of drug-likeness (QED) is 0.597. The largest absolute Gasteiger partial charge is 0.492 e. The van der Waals surface area contributed by atoms with E-state index in [4.69, 9.17) is 26.4 Å². The summed E-state index contributed by atoms with van der Waals surface area (Å²) in [5.41, 5.74) is 1.35. The van der Waals surface area contributed by atoms with Gasteiger partial charge in [0.05, 0.1) is 12.7 Å². The maximum Gasteiger partial charge on any atom is 0.231 e. The van der Waals surface area contributed by atoms with Crippen LogP contribution in [0, 0.1) is 0 Å². The van der Waals surface area contributed by atoms with Crippen molar-refractivity contribution in [1.29, 1.82) is 0 Å². The predicted octanol–water partition coefficient (Wildman–Crippen LogP) is 2.38. The summed E-state index contributed by atoms with van der Waals surface area (Å²) in [6.07, 6.45) is 2.44. The highest BCUT2D eigenvalue weighted by Crippen LogP contribution is 2.44. The summed E-state index contributed by atoms with van der Waals surface area (Å²) in [5.74, 6) is 1.53. The van der Waals surface area contributed by atoms with Crippen LogP contribution >= 0.6 is 12.2 Å². The van der Waals surface area contributed by atoms with Crippen molar-refractivity contribution in [3.63, 3.8) is 0 Å². The van der Waals surface area contributed by atoms with Gasteiger partial charge in [-0.3, -0.25) is 4.79 Å². The van der Waals surface area contributed by atoms with Gasteiger partial charge in [-0.15, -0.1) is 0 Å². The van der Waals surface area contributed by atoms with E-state index in [1.54, 1.807) is 0 Å². The van der Waals surface area contributed by atoms with E-state index in [1.807, 2.05) is 18.0 Å². The van der Waals surface area contributed by atoms with Gasteiger partial charge in [-0.2, -0.15) is 0 Å². The maximum atomic E-state index is 11.5. The lowest BCUT2D eigenvalue weighted by Crippen LogP contribution is -2.42. The van der Waals surface area contributed by atoms with Crippen LogP contribution in [0.1, 0.15) is 36.2 Å². The standard InChI is InChI=1S/C17H24N2O4S/c1-5-11(2)18-17(24)19(3)7-6-12-8-14-16(23-10-22-14)15(21-4)13(12)9-20/h8-9,11H,5-7,10H2,1-4H3,(H,18,24)/t11-/m1/s1. The summed E-state index contributed by atoms with van der Waals surface area (Å²) in [6, 6.07) is 2.17. The van der Waals surface area contributed by atoms with Gasteiger partial charge in [-0.25, -0.2) is 0 Å². The molecule has 1 aliphatic heterocycles. The first kappa shape index (κ1) is 18.3. The number of ether oxygens (including phenoxy) is 3. The number of aldehydes is 1. The highest BCUT2D eigenvalue weighted by molar-refractivity contribution is 7.80. The summed E-state index contributed by atoms with van der Waals surface area (Å²) >= 11 is 5.40. The molecule has 1 N–H and O–H groups in total. The predicted molar refractivity (Wildman–Crippen MR) is 96.3 cm³/mol. The van der Waals surface area contributed by atoms with Gasteiger partial charge < -0.3 is 24.4 Å². The van der Waals surface area contributed by atoms with E-state index in [2.05, 4.69) is 19.2 Å². The monoisotopic (exact) mass is 352 g/mol. The van der Waals surface area contributed by atoms with Crippen LogP contribution < -0.4 is 19.5 Å². The van der Waals surface area contributed by atoms with E-state index in [0.717, 1.165) is 18.3 Å². The van der Waals surface area contributed by atoms with E-state index >= 15 is 0 Å². The third-order valence-corrected chi connectivity index (χ3v) is 4.54. The second-order valence-corrected chi connectivity index (χ2v) is 6.15. The third-order valence-electron chi connectivity index (χ3n) is 4.11. The molecule has 0 unspecified atom stereocenters. The van der Waals surface area contributed by atoms with Crippen LogP contribution in [0.5, 0.6) is 17.2 Å². The smallest absolute Gasteiger partial charge is 0.231 e. The minimum atomic E-state index is 0.135. The highest BCUT2D eigenvalue weighted by Gasteiger charge is 2.25. The Morgan fingerprint density at radius 3 is 2.92 bits per heavy atom. The van der Waals surface area contributed by atoms with Crippen LogP contribution in [-0.4, -0.2) is 49.8 Å². The molecule has 0 saturated heterocycles. The maximum absolute atomic E-state index is 11.5. The van der Waals surface area contributed by atoms with Crippen molar-refractivity contribution in [1.82, 2.24) is 10.2 Å². The van der Waals surface area contributed by atoms with Crippen molar-refractivity contribution in [2.45, 2.75) is 32.7 Å². The number of rotatable bonds is 7. The Morgan fingerprint density at radius 1 is 1.54 bits per heavy atom. The average molecular weight is 352 g/mol. The molecular weight excluding hydrogens is 328 g/mol. The summed E-state index contributed by atoms with van der Waals surface area (Å²) < 4.78 is 16.2. The van der Waals surface area contributed by atoms with E-state index in [1.165, 1.54) is 7.11 Å². The van der Waals surface area contributed by atoms with Crippen molar-refractivity contribution in [3.05, 3.63) is 17.2 Å². The molecule has 1 atom stereocenters. The second kappa shape index (κ2) is 8.19. The van der Waals surface area contributed by atoms with Gasteiger partial charge in [0.25, 0.3) is 0 Å². The Hall–Kier alpha value is -2.02. The molecule has 24 heavy (non-hydrogen) atoms. The summed E-state index contributed by atoms with van der Waals surface area (Å²) in [6.45, 7) is 5.00. The van der Waals surface area contributed by atoms with Crippen LogP contribution in [0.2, 0.25) is 0 Å². The number of thiocarbonyl (C=S) groups is 1. The highest BCUT2D eigenvalue weighted by atomic mass is 32.1. The number of nitrogens with zero attached hydrogens (tertiary/aromatic N) is 1. The molecule has 1 aliphatic rings.